The Kier molecular flexibility index (Phi) is 6.84. The van der Waals surface area contributed by atoms with Gasteiger partial charge in [-0.05, 0) is 30.3 Å². The van der Waals surface area contributed by atoms with Gasteiger partial charge in [-0.3, -0.25) is 14.4 Å². The highest BCUT2D eigenvalue weighted by Crippen LogP contribution is 2.21. The van der Waals surface area contributed by atoms with E-state index in [-0.39, 0.29) is 18.0 Å². The van der Waals surface area contributed by atoms with Gasteiger partial charge in [0.1, 0.15) is 11.6 Å². The maximum atomic E-state index is 13.5. The van der Waals surface area contributed by atoms with E-state index in [0.29, 0.717) is 10.6 Å². The van der Waals surface area contributed by atoms with Gasteiger partial charge in [-0.1, -0.05) is 23.7 Å². The Morgan fingerprint density at radius 1 is 1.19 bits per heavy atom. The van der Waals surface area contributed by atoms with Crippen molar-refractivity contribution in [3.05, 3.63) is 58.9 Å². The first kappa shape index (κ1) is 19.9. The summed E-state index contributed by atoms with van der Waals surface area (Å²) in [5.74, 6) is -3.33. The summed E-state index contributed by atoms with van der Waals surface area (Å²) >= 11 is 5.88. The number of benzene rings is 2. The van der Waals surface area contributed by atoms with Crippen LogP contribution in [-0.4, -0.2) is 30.5 Å². The van der Waals surface area contributed by atoms with Crippen LogP contribution in [-0.2, 0) is 14.4 Å². The molecule has 2 aromatic rings. The van der Waals surface area contributed by atoms with E-state index in [9.17, 15) is 18.8 Å². The molecule has 0 saturated carbocycles. The number of hydrogen-bond acceptors (Lipinski definition) is 5. The van der Waals surface area contributed by atoms with E-state index in [4.69, 9.17) is 22.1 Å². The number of carbonyl (C=O) groups is 3. The number of amides is 3. The third-order valence-corrected chi connectivity index (χ3v) is 3.27. The van der Waals surface area contributed by atoms with Crippen molar-refractivity contribution in [2.75, 3.05) is 11.9 Å². The third kappa shape index (κ3) is 6.08. The second-order valence-electron chi connectivity index (χ2n) is 5.07. The first-order valence-corrected chi connectivity index (χ1v) is 7.84. The molecule has 4 N–H and O–H groups in total. The molecule has 0 spiro atoms. The number of anilines is 1. The summed E-state index contributed by atoms with van der Waals surface area (Å²) in [6.45, 7) is -0.361. The molecule has 0 bridgehead atoms. The van der Waals surface area contributed by atoms with Crippen LogP contribution >= 0.6 is 11.6 Å². The molecule has 0 heterocycles. The number of primary amides is 1. The summed E-state index contributed by atoms with van der Waals surface area (Å²) in [7, 11) is 0. The van der Waals surface area contributed by atoms with Crippen LogP contribution in [0.4, 0.5) is 10.1 Å². The number of nitrogens with zero attached hydrogens (tertiary/aromatic N) is 1. The molecule has 0 saturated heterocycles. The first-order valence-electron chi connectivity index (χ1n) is 7.46. The van der Waals surface area contributed by atoms with Gasteiger partial charge in [-0.2, -0.15) is 5.10 Å². The predicted octanol–water partition coefficient (Wildman–Crippen LogP) is 1.43. The zero-order valence-electron chi connectivity index (χ0n) is 13.7. The molecule has 0 aliphatic rings. The number of para-hydroxylation sites is 1. The van der Waals surface area contributed by atoms with Crippen LogP contribution in [0.3, 0.4) is 0 Å². The van der Waals surface area contributed by atoms with Gasteiger partial charge in [-0.25, -0.2) is 9.82 Å². The second kappa shape index (κ2) is 9.30. The highest BCUT2D eigenvalue weighted by Gasteiger charge is 2.14. The highest BCUT2D eigenvalue weighted by atomic mass is 35.5. The van der Waals surface area contributed by atoms with E-state index in [1.54, 1.807) is 0 Å². The molecule has 140 valence electrons. The zero-order chi connectivity index (χ0) is 19.8. The average molecular weight is 393 g/mol. The third-order valence-electron chi connectivity index (χ3n) is 3.04. The summed E-state index contributed by atoms with van der Waals surface area (Å²) in [5.41, 5.74) is 7.20. The van der Waals surface area contributed by atoms with Crippen LogP contribution in [0.1, 0.15) is 5.56 Å². The molecular weight excluding hydrogens is 379 g/mol. The highest BCUT2D eigenvalue weighted by molar-refractivity contribution is 6.39. The topological polar surface area (TPSA) is 123 Å². The Labute approximate surface area is 158 Å². The molecule has 0 unspecified atom stereocenters. The molecular formula is C17H14ClFN4O4. The fraction of sp³-hybridized carbons (Fsp3) is 0.0588. The van der Waals surface area contributed by atoms with Crippen LogP contribution in [0, 0.1) is 5.82 Å². The van der Waals surface area contributed by atoms with Crippen LogP contribution in [0.5, 0.6) is 5.75 Å². The van der Waals surface area contributed by atoms with Crippen LogP contribution in [0.15, 0.2) is 47.6 Å². The Balaban J connectivity index is 2.00. The van der Waals surface area contributed by atoms with E-state index < -0.39 is 23.5 Å². The molecule has 8 nitrogen and oxygen atoms in total. The fourth-order valence-electron chi connectivity index (χ4n) is 1.85. The van der Waals surface area contributed by atoms with Crippen molar-refractivity contribution in [3.8, 4) is 5.75 Å². The van der Waals surface area contributed by atoms with Gasteiger partial charge in [0.15, 0.2) is 6.61 Å². The number of nitrogens with one attached hydrogen (secondary N) is 2. The summed E-state index contributed by atoms with van der Waals surface area (Å²) in [6, 6.07) is 9.86. The summed E-state index contributed by atoms with van der Waals surface area (Å²) in [5, 5.41) is 6.09. The zero-order valence-corrected chi connectivity index (χ0v) is 14.5. The van der Waals surface area contributed by atoms with Crippen LogP contribution in [0.25, 0.3) is 0 Å². The number of hydrogen-bond donors (Lipinski definition) is 3. The van der Waals surface area contributed by atoms with Gasteiger partial charge in [0.2, 0.25) is 0 Å². The minimum absolute atomic E-state index is 0.140. The monoisotopic (exact) mass is 392 g/mol. The maximum absolute atomic E-state index is 13.5. The number of nitrogens with two attached hydrogens (primary N) is 1. The standard InChI is InChI=1S/C17H14ClFN4O4/c18-11-5-6-14(27-9-15(20)24)10(7-11)8-21-23-17(26)16(25)22-13-4-2-1-3-12(13)19/h1-8H,9H2,(H2,20,24)(H,22,25)(H,23,26)/b21-8-. The Morgan fingerprint density at radius 2 is 1.93 bits per heavy atom. The summed E-state index contributed by atoms with van der Waals surface area (Å²) < 4.78 is 18.7. The molecule has 27 heavy (non-hydrogen) atoms. The fourth-order valence-corrected chi connectivity index (χ4v) is 2.03. The Hall–Kier alpha value is -3.46. The lowest BCUT2D eigenvalue weighted by Gasteiger charge is -2.07. The first-order chi connectivity index (χ1) is 12.9. The molecule has 3 amide bonds. The number of rotatable bonds is 6. The van der Waals surface area contributed by atoms with Crippen LogP contribution in [0.2, 0.25) is 5.02 Å². The molecule has 0 fully saturated rings. The lowest BCUT2D eigenvalue weighted by atomic mass is 10.2. The normalized spacial score (nSPS) is 10.4. The van der Waals surface area contributed by atoms with E-state index in [2.05, 4.69) is 10.4 Å². The van der Waals surface area contributed by atoms with Crippen molar-refractivity contribution >= 4 is 41.2 Å². The lowest BCUT2D eigenvalue weighted by Crippen LogP contribution is -2.32. The van der Waals surface area contributed by atoms with Gasteiger partial charge in [0.05, 0.1) is 11.9 Å². The van der Waals surface area contributed by atoms with Gasteiger partial charge in [0, 0.05) is 10.6 Å². The second-order valence-corrected chi connectivity index (χ2v) is 5.51. The van der Waals surface area contributed by atoms with Crippen molar-refractivity contribution in [1.82, 2.24) is 5.43 Å². The molecule has 0 aromatic heterocycles. The number of hydrazone groups is 1. The smallest absolute Gasteiger partial charge is 0.329 e. The van der Waals surface area contributed by atoms with Crippen molar-refractivity contribution in [3.63, 3.8) is 0 Å². The molecule has 0 atom stereocenters. The summed E-state index contributed by atoms with van der Waals surface area (Å²) in [4.78, 5) is 34.3. The number of carbonyl (C=O) groups excluding carboxylic acids is 3. The van der Waals surface area contributed by atoms with Gasteiger partial charge in [-0.15, -0.1) is 0 Å². The largest absolute Gasteiger partial charge is 0.483 e. The van der Waals surface area contributed by atoms with E-state index >= 15 is 0 Å². The summed E-state index contributed by atoms with van der Waals surface area (Å²) in [6.07, 6.45) is 1.16. The predicted molar refractivity (Wildman–Crippen MR) is 96.9 cm³/mol. The molecule has 2 aromatic carbocycles. The molecule has 0 radical (unpaired) electrons. The van der Waals surface area contributed by atoms with Gasteiger partial charge < -0.3 is 15.8 Å². The van der Waals surface area contributed by atoms with Crippen molar-refractivity contribution in [2.45, 2.75) is 0 Å². The molecule has 10 heteroatoms. The van der Waals surface area contributed by atoms with E-state index in [1.165, 1.54) is 36.4 Å². The van der Waals surface area contributed by atoms with Crippen LogP contribution < -0.4 is 21.2 Å². The quantitative estimate of drug-likeness (QED) is 0.391. The van der Waals surface area contributed by atoms with E-state index in [1.807, 2.05) is 5.43 Å². The average Bonchev–Trinajstić information content (AvgIpc) is 2.62. The SMILES string of the molecule is NC(=O)COc1ccc(Cl)cc1/C=N\NC(=O)C(=O)Nc1ccccc1F. The van der Waals surface area contributed by atoms with Crippen molar-refractivity contribution in [1.29, 1.82) is 0 Å². The minimum Gasteiger partial charge on any atom is -0.483 e. The number of halogens is 2. The minimum atomic E-state index is -1.11. The molecule has 0 aliphatic carbocycles. The lowest BCUT2D eigenvalue weighted by molar-refractivity contribution is -0.136. The van der Waals surface area contributed by atoms with Gasteiger partial charge >= 0.3 is 11.8 Å². The van der Waals surface area contributed by atoms with Crippen molar-refractivity contribution in [2.24, 2.45) is 10.8 Å². The molecule has 2 rings (SSSR count). The maximum Gasteiger partial charge on any atom is 0.329 e. The van der Waals surface area contributed by atoms with E-state index in [0.717, 1.165) is 12.3 Å². The van der Waals surface area contributed by atoms with Crippen molar-refractivity contribution < 1.29 is 23.5 Å². The Bertz CT molecular complexity index is 904. The Morgan fingerprint density at radius 3 is 2.63 bits per heavy atom. The van der Waals surface area contributed by atoms with Gasteiger partial charge in [0.25, 0.3) is 5.91 Å². The molecule has 0 aliphatic heterocycles. The number of ether oxygens (including phenoxy) is 1.